The van der Waals surface area contributed by atoms with Gasteiger partial charge in [0.15, 0.2) is 0 Å². The van der Waals surface area contributed by atoms with Crippen molar-refractivity contribution in [1.29, 1.82) is 0 Å². The lowest BCUT2D eigenvalue weighted by molar-refractivity contribution is -0.136. The number of carbonyl (C=O) groups excluding carboxylic acids is 4. The molecule has 22 heteroatoms. The fraction of sp³-hybridized carbons (Fsp3) is 0.383. The molecule has 3 aromatic carbocycles. The summed E-state index contributed by atoms with van der Waals surface area (Å²) in [6.45, 7) is 6.71. The molecule has 4 amide bonds. The maximum absolute atomic E-state index is 16.5. The van der Waals surface area contributed by atoms with E-state index in [9.17, 15) is 28.1 Å². The van der Waals surface area contributed by atoms with E-state index in [1.165, 1.54) is 24.3 Å². The second-order valence-electron chi connectivity index (χ2n) is 18.1. The summed E-state index contributed by atoms with van der Waals surface area (Å²) in [5.74, 6) is -2.84. The zero-order chi connectivity index (χ0) is 48.9. The second kappa shape index (κ2) is 18.9. The third-order valence-corrected chi connectivity index (χ3v) is 15.3. The van der Waals surface area contributed by atoms with Crippen molar-refractivity contribution in [3.63, 3.8) is 0 Å². The summed E-state index contributed by atoms with van der Waals surface area (Å²) in [6.07, 6.45) is 5.82. The number of methoxy groups -OCH3 is 1. The summed E-state index contributed by atoms with van der Waals surface area (Å²) in [5.41, 5.74) is 2.13. The Bertz CT molecular complexity index is 2940. The third kappa shape index (κ3) is 9.81. The number of ether oxygens (including phenoxy) is 1. The number of piperidine rings is 2. The Balaban J connectivity index is 0.842. The van der Waals surface area contributed by atoms with Gasteiger partial charge in [0.25, 0.3) is 11.8 Å². The van der Waals surface area contributed by atoms with Crippen molar-refractivity contribution in [3.8, 4) is 16.9 Å². The smallest absolute Gasteiger partial charge is 0.262 e. The highest BCUT2D eigenvalue weighted by molar-refractivity contribution is 9.10. The van der Waals surface area contributed by atoms with Crippen LogP contribution in [0.2, 0.25) is 0 Å². The fourth-order valence-electron chi connectivity index (χ4n) is 9.40. The van der Waals surface area contributed by atoms with Crippen LogP contribution in [0.1, 0.15) is 52.8 Å². The molecular formula is C47H50BrF3N11O6P. The van der Waals surface area contributed by atoms with Gasteiger partial charge in [0.1, 0.15) is 42.1 Å². The Kier molecular flexibility index (Phi) is 13.1. The van der Waals surface area contributed by atoms with E-state index in [0.717, 1.165) is 27.8 Å². The molecule has 0 saturated carbocycles. The van der Waals surface area contributed by atoms with Crippen molar-refractivity contribution in [1.82, 2.24) is 34.9 Å². The first kappa shape index (κ1) is 47.7. The third-order valence-electron chi connectivity index (χ3n) is 13.2. The standard InChI is InChI=1S/C47H50BrF3N11O6P/c1-58-26-27(24-53-58)29-21-35(55-46-52-25-32(48)42(57-46)54-34-6-5-28(49)19-40(34)69(3,4)67)39(68-2)23-37(29)61-17-15-59(16-18-61)12-9-47(51)10-13-60(14-11-47)38-22-31-30(20-33(38)50)44(65)62(45(31)66)36-7-8-41(63)56-43(36)64/h5-6,19-26,36H,7-18H2,1-4H3,(H,56,63,64)(H2,52,54,55,57). The molecule has 3 saturated heterocycles. The van der Waals surface area contributed by atoms with Gasteiger partial charge in [0.05, 0.1) is 46.0 Å². The number of anilines is 6. The van der Waals surface area contributed by atoms with E-state index in [-0.39, 0.29) is 68.0 Å². The number of nitrogens with one attached hydrogen (secondary N) is 3. The molecule has 6 heterocycles. The molecule has 3 N–H and O–H groups in total. The zero-order valence-electron chi connectivity index (χ0n) is 38.3. The number of alkyl halides is 1. The quantitative estimate of drug-likeness (QED) is 0.0848. The number of nitrogens with zero attached hydrogens (tertiary/aromatic N) is 8. The first-order valence-corrected chi connectivity index (χ1v) is 25.9. The Morgan fingerprint density at radius 2 is 1.59 bits per heavy atom. The van der Waals surface area contributed by atoms with Crippen LogP contribution in [0.5, 0.6) is 5.75 Å². The second-order valence-corrected chi connectivity index (χ2v) is 22.2. The highest BCUT2D eigenvalue weighted by atomic mass is 79.9. The molecule has 4 aliphatic rings. The molecule has 362 valence electrons. The van der Waals surface area contributed by atoms with E-state index in [2.05, 4.69) is 56.7 Å². The molecule has 0 radical (unpaired) electrons. The Hall–Kier alpha value is -6.31. The SMILES string of the molecule is COc1cc(N2CCN(CCC3(F)CCN(c4cc5c(cc4F)C(=O)N(C4CCC(=O)NC4=O)C5=O)CC3)CC2)c(-c2cnn(C)c2)cc1Nc1ncc(Br)c(Nc2ccc(F)cc2P(C)(C)=O)n1. The topological polar surface area (TPSA) is 187 Å². The van der Waals surface area contributed by atoms with Crippen LogP contribution < -0.4 is 35.8 Å². The highest BCUT2D eigenvalue weighted by Crippen LogP contribution is 2.43. The van der Waals surface area contributed by atoms with Gasteiger partial charge in [0, 0.05) is 99.9 Å². The Morgan fingerprint density at radius 3 is 2.26 bits per heavy atom. The van der Waals surface area contributed by atoms with Crippen LogP contribution in [0.4, 0.5) is 47.7 Å². The lowest BCUT2D eigenvalue weighted by Gasteiger charge is -2.41. The van der Waals surface area contributed by atoms with Gasteiger partial charge in [-0.15, -0.1) is 0 Å². The van der Waals surface area contributed by atoms with Crippen LogP contribution in [-0.2, 0) is 21.2 Å². The summed E-state index contributed by atoms with van der Waals surface area (Å²) in [4.78, 5) is 66.9. The molecule has 4 aliphatic heterocycles. The van der Waals surface area contributed by atoms with Gasteiger partial charge in [-0.25, -0.2) is 18.2 Å². The van der Waals surface area contributed by atoms with Gasteiger partial charge in [0.2, 0.25) is 17.8 Å². The van der Waals surface area contributed by atoms with Crippen molar-refractivity contribution in [2.45, 2.75) is 43.8 Å². The van der Waals surface area contributed by atoms with Crippen LogP contribution in [-0.4, -0.2) is 131 Å². The molecule has 3 fully saturated rings. The van der Waals surface area contributed by atoms with Crippen LogP contribution in [0.25, 0.3) is 11.1 Å². The summed E-state index contributed by atoms with van der Waals surface area (Å²) in [5, 5.41) is 13.4. The maximum Gasteiger partial charge on any atom is 0.262 e. The van der Waals surface area contributed by atoms with Gasteiger partial charge in [-0.1, -0.05) is 0 Å². The lowest BCUT2D eigenvalue weighted by Crippen LogP contribution is -2.54. The molecule has 5 aromatic rings. The van der Waals surface area contributed by atoms with Crippen molar-refractivity contribution in [2.75, 3.05) is 86.7 Å². The molecule has 0 bridgehead atoms. The number of hydrogen-bond donors (Lipinski definition) is 3. The van der Waals surface area contributed by atoms with E-state index in [0.29, 0.717) is 65.4 Å². The van der Waals surface area contributed by atoms with E-state index >= 15 is 8.78 Å². The van der Waals surface area contributed by atoms with E-state index in [4.69, 9.17) is 4.74 Å². The first-order chi connectivity index (χ1) is 32.9. The molecule has 1 atom stereocenters. The monoisotopic (exact) mass is 1030 g/mol. The summed E-state index contributed by atoms with van der Waals surface area (Å²) in [7, 11) is 0.557. The maximum atomic E-state index is 16.5. The first-order valence-electron chi connectivity index (χ1n) is 22.5. The zero-order valence-corrected chi connectivity index (χ0v) is 40.8. The minimum atomic E-state index is -2.86. The molecular weight excluding hydrogens is 982 g/mol. The molecule has 0 spiro atoms. The number of aryl methyl sites for hydroxylation is 1. The van der Waals surface area contributed by atoms with Crippen molar-refractivity contribution in [2.24, 2.45) is 7.05 Å². The van der Waals surface area contributed by atoms with Crippen LogP contribution in [0.15, 0.2) is 65.5 Å². The number of benzene rings is 3. The van der Waals surface area contributed by atoms with Gasteiger partial charge in [-0.3, -0.25) is 39.0 Å². The number of halogens is 4. The predicted octanol–water partition coefficient (Wildman–Crippen LogP) is 6.58. The van der Waals surface area contributed by atoms with Gasteiger partial charge in [-0.2, -0.15) is 10.1 Å². The van der Waals surface area contributed by atoms with Crippen molar-refractivity contribution >= 4 is 86.5 Å². The molecule has 17 nitrogen and oxygen atoms in total. The van der Waals surface area contributed by atoms with Gasteiger partial charge >= 0.3 is 0 Å². The number of imide groups is 2. The van der Waals surface area contributed by atoms with E-state index < -0.39 is 54.1 Å². The van der Waals surface area contributed by atoms with Crippen molar-refractivity contribution < 1.29 is 41.7 Å². The molecule has 0 aliphatic carbocycles. The normalized spacial score (nSPS) is 18.7. The van der Waals surface area contributed by atoms with E-state index in [1.54, 1.807) is 42.4 Å². The molecule has 2 aromatic heterocycles. The van der Waals surface area contributed by atoms with Gasteiger partial charge < -0.3 is 29.7 Å². The average molecular weight is 1030 g/mol. The average Bonchev–Trinajstić information content (AvgIpc) is 3.85. The van der Waals surface area contributed by atoms with Gasteiger partial charge in [-0.05, 0) is 91.3 Å². The number of carbonyl (C=O) groups is 4. The highest BCUT2D eigenvalue weighted by Gasteiger charge is 2.46. The largest absolute Gasteiger partial charge is 0.494 e. The number of amides is 4. The number of piperazine rings is 1. The van der Waals surface area contributed by atoms with Crippen LogP contribution >= 0.6 is 23.1 Å². The van der Waals surface area contributed by atoms with Crippen LogP contribution in [0, 0.1) is 11.6 Å². The fourth-order valence-corrected chi connectivity index (χ4v) is 10.8. The summed E-state index contributed by atoms with van der Waals surface area (Å²) < 4.78 is 67.4. The predicted molar refractivity (Wildman–Crippen MR) is 259 cm³/mol. The lowest BCUT2D eigenvalue weighted by atomic mass is 9.89. The number of hydrogen-bond acceptors (Lipinski definition) is 14. The number of aromatic nitrogens is 4. The van der Waals surface area contributed by atoms with Crippen LogP contribution in [0.3, 0.4) is 0 Å². The molecule has 69 heavy (non-hydrogen) atoms. The minimum Gasteiger partial charge on any atom is -0.494 e. The summed E-state index contributed by atoms with van der Waals surface area (Å²) >= 11 is 3.50. The van der Waals surface area contributed by atoms with E-state index in [1.807, 2.05) is 25.4 Å². The number of rotatable bonds is 13. The molecule has 1 unspecified atom stereocenters. The molecule has 9 rings (SSSR count). The Labute approximate surface area is 404 Å². The number of fused-ring (bicyclic) bond motifs is 1. The minimum absolute atomic E-state index is 0.0118. The summed E-state index contributed by atoms with van der Waals surface area (Å²) in [6, 6.07) is 9.16. The Morgan fingerprint density at radius 1 is 0.884 bits per heavy atom. The van der Waals surface area contributed by atoms with Crippen molar-refractivity contribution in [3.05, 3.63) is 88.3 Å².